The maximum absolute atomic E-state index is 10.4. The van der Waals surface area contributed by atoms with Crippen LogP contribution >= 0.6 is 0 Å². The summed E-state index contributed by atoms with van der Waals surface area (Å²) < 4.78 is 0. The number of hydrogen-bond acceptors (Lipinski definition) is 3. The molecule has 1 rings (SSSR count). The van der Waals surface area contributed by atoms with Crippen molar-refractivity contribution in [1.82, 2.24) is 4.98 Å². The number of anilines is 1. The third kappa shape index (κ3) is 1.77. The number of aromatic nitrogens is 1. The first kappa shape index (κ1) is 7.72. The fourth-order valence-corrected chi connectivity index (χ4v) is 0.828. The molecule has 0 atom stereocenters. The standard InChI is InChI=1S/C8H10N2O/c1-2-9-8-7(6-11)4-3-5-10-8/h3-6H,2H2,1H3,(H,9,10). The Kier molecular flexibility index (Phi) is 2.60. The van der Waals surface area contributed by atoms with Gasteiger partial charge in [-0.15, -0.1) is 0 Å². The fraction of sp³-hybridized carbons (Fsp3) is 0.250. The van der Waals surface area contributed by atoms with Gasteiger partial charge >= 0.3 is 0 Å². The Bertz CT molecular complexity index is 248. The number of hydrogen-bond donors (Lipinski definition) is 1. The van der Waals surface area contributed by atoms with E-state index in [4.69, 9.17) is 0 Å². The summed E-state index contributed by atoms with van der Waals surface area (Å²) in [6.45, 7) is 2.74. The Balaban J connectivity index is 2.92. The lowest BCUT2D eigenvalue weighted by molar-refractivity contribution is 0.112. The van der Waals surface area contributed by atoms with Crippen LogP contribution in [0.25, 0.3) is 0 Å². The molecular weight excluding hydrogens is 140 g/mol. The van der Waals surface area contributed by atoms with Gasteiger partial charge in [0.1, 0.15) is 5.82 Å². The fourth-order valence-electron chi connectivity index (χ4n) is 0.828. The number of nitrogens with one attached hydrogen (secondary N) is 1. The average molecular weight is 150 g/mol. The van der Waals surface area contributed by atoms with Crippen molar-refractivity contribution >= 4 is 12.1 Å². The van der Waals surface area contributed by atoms with Gasteiger partial charge in [-0.25, -0.2) is 4.98 Å². The first-order valence-corrected chi connectivity index (χ1v) is 3.52. The average Bonchev–Trinajstić information content (AvgIpc) is 2.06. The van der Waals surface area contributed by atoms with E-state index in [1.807, 2.05) is 6.92 Å². The maximum atomic E-state index is 10.4. The normalized spacial score (nSPS) is 9.18. The van der Waals surface area contributed by atoms with Gasteiger partial charge in [0.2, 0.25) is 0 Å². The Labute approximate surface area is 65.5 Å². The predicted octanol–water partition coefficient (Wildman–Crippen LogP) is 1.33. The van der Waals surface area contributed by atoms with Gasteiger partial charge in [-0.2, -0.15) is 0 Å². The quantitative estimate of drug-likeness (QED) is 0.661. The SMILES string of the molecule is CCNc1ncccc1C=O. The van der Waals surface area contributed by atoms with Crippen LogP contribution in [0.3, 0.4) is 0 Å². The Morgan fingerprint density at radius 2 is 2.55 bits per heavy atom. The van der Waals surface area contributed by atoms with E-state index < -0.39 is 0 Å². The highest BCUT2D eigenvalue weighted by Crippen LogP contribution is 2.06. The molecule has 0 unspecified atom stereocenters. The van der Waals surface area contributed by atoms with Gasteiger partial charge in [0.15, 0.2) is 6.29 Å². The summed E-state index contributed by atoms with van der Waals surface area (Å²) in [5.74, 6) is 0.657. The van der Waals surface area contributed by atoms with E-state index in [-0.39, 0.29) is 0 Å². The van der Waals surface area contributed by atoms with Crippen LogP contribution in [0.4, 0.5) is 5.82 Å². The van der Waals surface area contributed by atoms with Gasteiger partial charge in [-0.05, 0) is 19.1 Å². The number of carbonyl (C=O) groups excluding carboxylic acids is 1. The van der Waals surface area contributed by atoms with Crippen molar-refractivity contribution < 1.29 is 4.79 Å². The lowest BCUT2D eigenvalue weighted by atomic mass is 10.3. The van der Waals surface area contributed by atoms with E-state index in [0.717, 1.165) is 12.8 Å². The van der Waals surface area contributed by atoms with Crippen molar-refractivity contribution in [1.29, 1.82) is 0 Å². The Morgan fingerprint density at radius 3 is 3.18 bits per heavy atom. The van der Waals surface area contributed by atoms with Crippen molar-refractivity contribution in [3.63, 3.8) is 0 Å². The van der Waals surface area contributed by atoms with Crippen LogP contribution in [-0.4, -0.2) is 17.8 Å². The van der Waals surface area contributed by atoms with E-state index in [1.165, 1.54) is 0 Å². The molecular formula is C8H10N2O. The zero-order valence-corrected chi connectivity index (χ0v) is 6.37. The van der Waals surface area contributed by atoms with Crippen molar-refractivity contribution in [3.05, 3.63) is 23.9 Å². The second-order valence-corrected chi connectivity index (χ2v) is 2.09. The molecule has 1 aromatic rings. The summed E-state index contributed by atoms with van der Waals surface area (Å²) in [6, 6.07) is 3.47. The third-order valence-electron chi connectivity index (χ3n) is 1.31. The number of pyridine rings is 1. The molecule has 3 nitrogen and oxygen atoms in total. The van der Waals surface area contributed by atoms with Gasteiger partial charge in [0, 0.05) is 12.7 Å². The summed E-state index contributed by atoms with van der Waals surface area (Å²) >= 11 is 0. The van der Waals surface area contributed by atoms with Crippen molar-refractivity contribution in [3.8, 4) is 0 Å². The van der Waals surface area contributed by atoms with Crippen LogP contribution < -0.4 is 5.32 Å². The van der Waals surface area contributed by atoms with Crippen LogP contribution in [-0.2, 0) is 0 Å². The topological polar surface area (TPSA) is 42.0 Å². The molecule has 0 saturated carbocycles. The van der Waals surface area contributed by atoms with E-state index in [1.54, 1.807) is 18.3 Å². The number of carbonyl (C=O) groups is 1. The minimum atomic E-state index is 0.606. The Morgan fingerprint density at radius 1 is 1.73 bits per heavy atom. The largest absolute Gasteiger partial charge is 0.370 e. The van der Waals surface area contributed by atoms with Gasteiger partial charge in [-0.3, -0.25) is 4.79 Å². The highest BCUT2D eigenvalue weighted by Gasteiger charge is 1.97. The molecule has 0 bridgehead atoms. The van der Waals surface area contributed by atoms with Gasteiger partial charge in [0.25, 0.3) is 0 Å². The summed E-state index contributed by atoms with van der Waals surface area (Å²) in [7, 11) is 0. The molecule has 0 aliphatic rings. The first-order valence-electron chi connectivity index (χ1n) is 3.52. The molecule has 0 saturated heterocycles. The number of aldehydes is 1. The molecule has 0 aromatic carbocycles. The molecule has 0 amide bonds. The van der Waals surface area contributed by atoms with Gasteiger partial charge in [0.05, 0.1) is 5.56 Å². The zero-order valence-electron chi connectivity index (χ0n) is 6.37. The van der Waals surface area contributed by atoms with E-state index in [9.17, 15) is 4.79 Å². The molecule has 0 aliphatic heterocycles. The summed E-state index contributed by atoms with van der Waals surface area (Å²) in [5, 5.41) is 2.98. The van der Waals surface area contributed by atoms with E-state index >= 15 is 0 Å². The molecule has 0 aliphatic carbocycles. The van der Waals surface area contributed by atoms with Gasteiger partial charge < -0.3 is 5.32 Å². The molecule has 0 fully saturated rings. The molecule has 3 heteroatoms. The zero-order chi connectivity index (χ0) is 8.10. The molecule has 0 spiro atoms. The van der Waals surface area contributed by atoms with Crippen LogP contribution in [0.2, 0.25) is 0 Å². The summed E-state index contributed by atoms with van der Waals surface area (Å²) in [5.41, 5.74) is 0.606. The second-order valence-electron chi connectivity index (χ2n) is 2.09. The lowest BCUT2D eigenvalue weighted by Crippen LogP contribution is -2.01. The summed E-state index contributed by atoms with van der Waals surface area (Å²) in [4.78, 5) is 14.4. The van der Waals surface area contributed by atoms with Crippen LogP contribution in [0, 0.1) is 0 Å². The van der Waals surface area contributed by atoms with Crippen molar-refractivity contribution in [2.75, 3.05) is 11.9 Å². The first-order chi connectivity index (χ1) is 5.38. The smallest absolute Gasteiger partial charge is 0.153 e. The van der Waals surface area contributed by atoms with E-state index in [0.29, 0.717) is 11.4 Å². The lowest BCUT2D eigenvalue weighted by Gasteiger charge is -2.02. The maximum Gasteiger partial charge on any atom is 0.153 e. The van der Waals surface area contributed by atoms with Gasteiger partial charge in [-0.1, -0.05) is 0 Å². The molecule has 1 heterocycles. The molecule has 0 radical (unpaired) electrons. The predicted molar refractivity (Wildman–Crippen MR) is 43.8 cm³/mol. The molecule has 1 N–H and O–H groups in total. The third-order valence-corrected chi connectivity index (χ3v) is 1.31. The minimum absolute atomic E-state index is 0.606. The van der Waals surface area contributed by atoms with Crippen LogP contribution in [0.1, 0.15) is 17.3 Å². The molecule has 11 heavy (non-hydrogen) atoms. The molecule has 1 aromatic heterocycles. The van der Waals surface area contributed by atoms with E-state index in [2.05, 4.69) is 10.3 Å². The van der Waals surface area contributed by atoms with Crippen LogP contribution in [0.5, 0.6) is 0 Å². The number of nitrogens with zero attached hydrogens (tertiary/aromatic N) is 1. The minimum Gasteiger partial charge on any atom is -0.370 e. The Hall–Kier alpha value is -1.38. The van der Waals surface area contributed by atoms with Crippen LogP contribution in [0.15, 0.2) is 18.3 Å². The monoisotopic (exact) mass is 150 g/mol. The summed E-state index contributed by atoms with van der Waals surface area (Å²) in [6.07, 6.45) is 2.45. The highest BCUT2D eigenvalue weighted by atomic mass is 16.1. The molecule has 58 valence electrons. The second kappa shape index (κ2) is 3.71. The highest BCUT2D eigenvalue weighted by molar-refractivity contribution is 5.82. The van der Waals surface area contributed by atoms with Crippen molar-refractivity contribution in [2.45, 2.75) is 6.92 Å². The number of rotatable bonds is 3. The van der Waals surface area contributed by atoms with Crippen molar-refractivity contribution in [2.24, 2.45) is 0 Å².